The highest BCUT2D eigenvalue weighted by Gasteiger charge is 2.36. The molecular weight excluding hydrogens is 460 g/mol. The van der Waals surface area contributed by atoms with E-state index in [1.807, 2.05) is 37.3 Å². The lowest BCUT2D eigenvalue weighted by atomic mass is 9.83. The zero-order chi connectivity index (χ0) is 22.1. The quantitative estimate of drug-likeness (QED) is 0.614. The van der Waals surface area contributed by atoms with Gasteiger partial charge in [-0.2, -0.15) is 5.26 Å². The summed E-state index contributed by atoms with van der Waals surface area (Å²) in [7, 11) is 1.54. The number of rotatable bonds is 4. The molecule has 0 amide bonds. The minimum atomic E-state index is -0.732. The second kappa shape index (κ2) is 8.28. The van der Waals surface area contributed by atoms with Crippen LogP contribution < -0.4 is 20.8 Å². The van der Waals surface area contributed by atoms with Gasteiger partial charge in [0, 0.05) is 28.0 Å². The molecule has 8 heteroatoms. The van der Waals surface area contributed by atoms with E-state index in [0.29, 0.717) is 34.9 Å². The molecule has 1 atom stereocenters. The third-order valence-electron chi connectivity index (χ3n) is 5.24. The van der Waals surface area contributed by atoms with Gasteiger partial charge in [-0.3, -0.25) is 9.78 Å². The van der Waals surface area contributed by atoms with Gasteiger partial charge in [0.2, 0.25) is 5.88 Å². The van der Waals surface area contributed by atoms with E-state index in [2.05, 4.69) is 27.0 Å². The van der Waals surface area contributed by atoms with Gasteiger partial charge < -0.3 is 19.8 Å². The molecule has 0 saturated heterocycles. The highest BCUT2D eigenvalue weighted by Crippen LogP contribution is 2.44. The molecule has 1 aliphatic rings. The highest BCUT2D eigenvalue weighted by molar-refractivity contribution is 9.10. The number of pyridine rings is 2. The summed E-state index contributed by atoms with van der Waals surface area (Å²) in [5, 5.41) is 9.86. The molecule has 3 aromatic rings. The maximum Gasteiger partial charge on any atom is 0.259 e. The topological polar surface area (TPSA) is 103 Å². The predicted molar refractivity (Wildman–Crippen MR) is 119 cm³/mol. The van der Waals surface area contributed by atoms with E-state index in [4.69, 9.17) is 15.2 Å². The lowest BCUT2D eigenvalue weighted by molar-refractivity contribution is 0.382. The summed E-state index contributed by atoms with van der Waals surface area (Å²) in [4.78, 5) is 18.0. The summed E-state index contributed by atoms with van der Waals surface area (Å²) in [6.45, 7) is 2.12. The second-order valence-electron chi connectivity index (χ2n) is 7.09. The fourth-order valence-electron chi connectivity index (χ4n) is 3.78. The standard InChI is InChI=1S/C23H19BrN4O3/c1-13-9-19-21(23(29)28(13)12-15-5-3-4-8-27-15)20(17(11-25)22(26)31-19)16-10-14(24)6-7-18(16)30-2/h3-10,20H,12,26H2,1-2H3/t20-/m1/s1. The fraction of sp³-hybridized carbons (Fsp3) is 0.174. The number of ether oxygens (including phenoxy) is 2. The predicted octanol–water partition coefficient (Wildman–Crippen LogP) is 3.59. The fourth-order valence-corrected chi connectivity index (χ4v) is 4.16. The summed E-state index contributed by atoms with van der Waals surface area (Å²) < 4.78 is 13.7. The Morgan fingerprint density at radius 3 is 2.81 bits per heavy atom. The van der Waals surface area contributed by atoms with Crippen molar-refractivity contribution < 1.29 is 9.47 Å². The van der Waals surface area contributed by atoms with Crippen molar-refractivity contribution in [2.75, 3.05) is 7.11 Å². The summed E-state index contributed by atoms with van der Waals surface area (Å²) in [6, 6.07) is 14.9. The molecule has 1 aromatic carbocycles. The van der Waals surface area contributed by atoms with Crippen LogP contribution >= 0.6 is 15.9 Å². The molecule has 0 radical (unpaired) electrons. The molecule has 0 spiro atoms. The van der Waals surface area contributed by atoms with Crippen LogP contribution in [-0.4, -0.2) is 16.7 Å². The molecule has 156 valence electrons. The van der Waals surface area contributed by atoms with E-state index >= 15 is 0 Å². The number of benzene rings is 1. The summed E-state index contributed by atoms with van der Waals surface area (Å²) in [6.07, 6.45) is 1.68. The maximum absolute atomic E-state index is 13.7. The van der Waals surface area contributed by atoms with E-state index < -0.39 is 5.92 Å². The van der Waals surface area contributed by atoms with E-state index in [-0.39, 0.29) is 17.0 Å². The molecule has 4 rings (SSSR count). The minimum Gasteiger partial charge on any atom is -0.496 e. The molecule has 0 unspecified atom stereocenters. The van der Waals surface area contributed by atoms with Crippen LogP contribution in [0.4, 0.5) is 0 Å². The monoisotopic (exact) mass is 478 g/mol. The third kappa shape index (κ3) is 3.68. The average molecular weight is 479 g/mol. The van der Waals surface area contributed by atoms with E-state index in [9.17, 15) is 10.1 Å². The zero-order valence-electron chi connectivity index (χ0n) is 16.9. The summed E-state index contributed by atoms with van der Waals surface area (Å²) in [5.41, 5.74) is 8.40. The van der Waals surface area contributed by atoms with Crippen LogP contribution in [0.15, 0.2) is 69.4 Å². The Balaban J connectivity index is 1.98. The third-order valence-corrected chi connectivity index (χ3v) is 5.73. The van der Waals surface area contributed by atoms with Crippen LogP contribution in [0.25, 0.3) is 0 Å². The first-order chi connectivity index (χ1) is 14.9. The first-order valence-electron chi connectivity index (χ1n) is 9.49. The molecule has 0 saturated carbocycles. The number of hydrogen-bond acceptors (Lipinski definition) is 6. The molecule has 31 heavy (non-hydrogen) atoms. The van der Waals surface area contributed by atoms with E-state index in [0.717, 1.165) is 10.2 Å². The number of nitrogens with two attached hydrogens (primary N) is 1. The Hall–Kier alpha value is -3.57. The first-order valence-corrected chi connectivity index (χ1v) is 10.3. The number of nitriles is 1. The number of aryl methyl sites for hydroxylation is 1. The Bertz CT molecular complexity index is 1290. The zero-order valence-corrected chi connectivity index (χ0v) is 18.5. The minimum absolute atomic E-state index is 0.0247. The van der Waals surface area contributed by atoms with Gasteiger partial charge in [0.25, 0.3) is 5.56 Å². The molecular formula is C23H19BrN4O3. The van der Waals surface area contributed by atoms with E-state index in [1.165, 1.54) is 0 Å². The molecule has 0 fully saturated rings. The van der Waals surface area contributed by atoms with Gasteiger partial charge in [-0.15, -0.1) is 0 Å². The average Bonchev–Trinajstić information content (AvgIpc) is 2.76. The van der Waals surface area contributed by atoms with Crippen LogP contribution in [0.3, 0.4) is 0 Å². The van der Waals surface area contributed by atoms with Crippen LogP contribution in [-0.2, 0) is 6.54 Å². The van der Waals surface area contributed by atoms with Gasteiger partial charge in [0.05, 0.1) is 30.8 Å². The SMILES string of the molecule is COc1ccc(Br)cc1[C@@H]1C(C#N)=C(N)Oc2cc(C)n(Cc3ccccn3)c(=O)c21. The molecule has 7 nitrogen and oxygen atoms in total. The number of fused-ring (bicyclic) bond motifs is 1. The van der Waals surface area contributed by atoms with Gasteiger partial charge in [0.1, 0.15) is 23.1 Å². The first kappa shape index (κ1) is 20.7. The Morgan fingerprint density at radius 1 is 1.32 bits per heavy atom. The normalized spacial score (nSPS) is 15.1. The lowest BCUT2D eigenvalue weighted by Gasteiger charge is -2.28. The Morgan fingerprint density at radius 2 is 2.13 bits per heavy atom. The number of nitrogens with zero attached hydrogens (tertiary/aromatic N) is 3. The number of allylic oxidation sites excluding steroid dienone is 1. The van der Waals surface area contributed by atoms with Crippen LogP contribution in [0.5, 0.6) is 11.5 Å². The van der Waals surface area contributed by atoms with Crippen LogP contribution in [0.1, 0.15) is 28.4 Å². The Labute approximate surface area is 187 Å². The highest BCUT2D eigenvalue weighted by atomic mass is 79.9. The smallest absolute Gasteiger partial charge is 0.259 e. The van der Waals surface area contributed by atoms with Crippen LogP contribution in [0, 0.1) is 18.3 Å². The Kier molecular flexibility index (Phi) is 5.53. The van der Waals surface area contributed by atoms with Gasteiger partial charge in [-0.1, -0.05) is 22.0 Å². The lowest BCUT2D eigenvalue weighted by Crippen LogP contribution is -2.33. The van der Waals surface area contributed by atoms with Gasteiger partial charge in [0.15, 0.2) is 0 Å². The van der Waals surface area contributed by atoms with E-state index in [1.54, 1.807) is 30.0 Å². The summed E-state index contributed by atoms with van der Waals surface area (Å²) in [5.74, 6) is 0.119. The van der Waals surface area contributed by atoms with Crippen molar-refractivity contribution >= 4 is 15.9 Å². The molecule has 0 aliphatic carbocycles. The summed E-state index contributed by atoms with van der Waals surface area (Å²) >= 11 is 3.47. The largest absolute Gasteiger partial charge is 0.496 e. The van der Waals surface area contributed by atoms with Crippen molar-refractivity contribution in [3.63, 3.8) is 0 Å². The van der Waals surface area contributed by atoms with Crippen molar-refractivity contribution in [3.05, 3.63) is 97.5 Å². The number of hydrogen-bond donors (Lipinski definition) is 1. The molecule has 1 aliphatic heterocycles. The van der Waals surface area contributed by atoms with Crippen molar-refractivity contribution in [1.29, 1.82) is 5.26 Å². The second-order valence-corrected chi connectivity index (χ2v) is 8.00. The van der Waals surface area contributed by atoms with Crippen LogP contribution in [0.2, 0.25) is 0 Å². The number of halogens is 1. The molecule has 0 bridgehead atoms. The maximum atomic E-state index is 13.7. The van der Waals surface area contributed by atoms with Gasteiger partial charge in [-0.25, -0.2) is 0 Å². The number of methoxy groups -OCH3 is 1. The van der Waals surface area contributed by atoms with Crippen molar-refractivity contribution in [3.8, 4) is 17.6 Å². The van der Waals surface area contributed by atoms with Crippen molar-refractivity contribution in [2.24, 2.45) is 5.73 Å². The van der Waals surface area contributed by atoms with Gasteiger partial charge in [-0.05, 0) is 37.3 Å². The van der Waals surface area contributed by atoms with Crippen molar-refractivity contribution in [2.45, 2.75) is 19.4 Å². The van der Waals surface area contributed by atoms with Crippen molar-refractivity contribution in [1.82, 2.24) is 9.55 Å². The van der Waals surface area contributed by atoms with Gasteiger partial charge >= 0.3 is 0 Å². The number of aromatic nitrogens is 2. The molecule has 3 heterocycles. The molecule has 2 aromatic heterocycles. The molecule has 2 N–H and O–H groups in total.